The molecule has 0 unspecified atom stereocenters. The first-order valence-electron chi connectivity index (χ1n) is 7.89. The van der Waals surface area contributed by atoms with Crippen molar-refractivity contribution in [2.24, 2.45) is 0 Å². The first-order valence-corrected chi connectivity index (χ1v) is 7.89. The van der Waals surface area contributed by atoms with Gasteiger partial charge in [0.25, 0.3) is 0 Å². The number of benzene rings is 1. The molecule has 0 bridgehead atoms. The van der Waals surface area contributed by atoms with Gasteiger partial charge in [0.15, 0.2) is 0 Å². The van der Waals surface area contributed by atoms with E-state index >= 15 is 0 Å². The number of hydrogen-bond acceptors (Lipinski definition) is 4. The quantitative estimate of drug-likeness (QED) is 0.869. The highest BCUT2D eigenvalue weighted by atomic mass is 16.5. The Morgan fingerprint density at radius 3 is 2.59 bits per heavy atom. The molecule has 1 aliphatic rings. The van der Waals surface area contributed by atoms with E-state index in [2.05, 4.69) is 46.9 Å². The summed E-state index contributed by atoms with van der Waals surface area (Å²) in [6, 6.07) is 6.39. The number of aryl methyl sites for hydroxylation is 3. The normalized spacial score (nSPS) is 15.9. The van der Waals surface area contributed by atoms with Crippen molar-refractivity contribution in [1.29, 1.82) is 0 Å². The Balaban J connectivity index is 1.61. The average molecular weight is 297 g/mol. The molecule has 0 atom stereocenters. The van der Waals surface area contributed by atoms with Crippen LogP contribution in [-0.4, -0.2) is 29.2 Å². The summed E-state index contributed by atoms with van der Waals surface area (Å²) in [5.74, 6) is 2.00. The van der Waals surface area contributed by atoms with Crippen LogP contribution >= 0.6 is 0 Å². The van der Waals surface area contributed by atoms with Crippen LogP contribution in [0.3, 0.4) is 0 Å². The van der Waals surface area contributed by atoms with E-state index in [0.29, 0.717) is 0 Å². The van der Waals surface area contributed by atoms with Crippen molar-refractivity contribution in [2.75, 3.05) is 18.0 Å². The van der Waals surface area contributed by atoms with Gasteiger partial charge >= 0.3 is 0 Å². The number of rotatable bonds is 3. The van der Waals surface area contributed by atoms with Crippen molar-refractivity contribution in [3.05, 3.63) is 47.4 Å². The van der Waals surface area contributed by atoms with Gasteiger partial charge in [0.05, 0.1) is 11.9 Å². The molecule has 1 aromatic carbocycles. The summed E-state index contributed by atoms with van der Waals surface area (Å²) in [6.45, 7) is 8.12. The second kappa shape index (κ2) is 6.34. The molecule has 0 saturated carbocycles. The highest BCUT2D eigenvalue weighted by molar-refractivity contribution is 5.38. The van der Waals surface area contributed by atoms with Crippen LogP contribution in [-0.2, 0) is 0 Å². The summed E-state index contributed by atoms with van der Waals surface area (Å²) < 4.78 is 6.21. The van der Waals surface area contributed by atoms with Gasteiger partial charge in [0, 0.05) is 32.1 Å². The van der Waals surface area contributed by atoms with Crippen LogP contribution < -0.4 is 9.64 Å². The van der Waals surface area contributed by atoms with E-state index in [0.717, 1.165) is 43.2 Å². The van der Waals surface area contributed by atoms with Gasteiger partial charge in [-0.25, -0.2) is 4.98 Å². The Labute approximate surface area is 132 Å². The van der Waals surface area contributed by atoms with Crippen LogP contribution in [0, 0.1) is 20.8 Å². The van der Waals surface area contributed by atoms with E-state index in [1.807, 2.05) is 13.1 Å². The van der Waals surface area contributed by atoms with Gasteiger partial charge in [-0.05, 0) is 38.0 Å². The van der Waals surface area contributed by atoms with Crippen LogP contribution in [0.25, 0.3) is 0 Å². The first-order chi connectivity index (χ1) is 10.6. The maximum atomic E-state index is 6.21. The third-order valence-electron chi connectivity index (χ3n) is 4.15. The minimum atomic E-state index is 0.287. The summed E-state index contributed by atoms with van der Waals surface area (Å²) in [7, 11) is 0. The first kappa shape index (κ1) is 14.8. The van der Waals surface area contributed by atoms with E-state index in [1.54, 1.807) is 6.20 Å². The maximum Gasteiger partial charge on any atom is 0.147 e. The summed E-state index contributed by atoms with van der Waals surface area (Å²) in [6.07, 6.45) is 5.96. The van der Waals surface area contributed by atoms with Gasteiger partial charge in [-0.2, -0.15) is 0 Å². The van der Waals surface area contributed by atoms with Crippen molar-refractivity contribution in [3.8, 4) is 5.75 Å². The molecule has 22 heavy (non-hydrogen) atoms. The summed E-state index contributed by atoms with van der Waals surface area (Å²) in [5, 5.41) is 0. The predicted octanol–water partition coefficient (Wildman–Crippen LogP) is 3.45. The molecule has 0 radical (unpaired) electrons. The van der Waals surface area contributed by atoms with Crippen LogP contribution in [0.2, 0.25) is 0 Å². The molecule has 1 aromatic heterocycles. The monoisotopic (exact) mass is 297 g/mol. The molecule has 4 heteroatoms. The highest BCUT2D eigenvalue weighted by Crippen LogP contribution is 2.25. The van der Waals surface area contributed by atoms with Crippen molar-refractivity contribution in [3.63, 3.8) is 0 Å². The zero-order valence-electron chi connectivity index (χ0n) is 13.5. The summed E-state index contributed by atoms with van der Waals surface area (Å²) in [5.41, 5.74) is 3.41. The minimum absolute atomic E-state index is 0.287. The van der Waals surface area contributed by atoms with E-state index in [9.17, 15) is 0 Å². The molecule has 4 nitrogen and oxygen atoms in total. The van der Waals surface area contributed by atoms with Crippen LogP contribution in [0.15, 0.2) is 30.6 Å². The fourth-order valence-electron chi connectivity index (χ4n) is 2.82. The zero-order chi connectivity index (χ0) is 15.5. The Morgan fingerprint density at radius 1 is 1.09 bits per heavy atom. The van der Waals surface area contributed by atoms with Crippen molar-refractivity contribution in [1.82, 2.24) is 9.97 Å². The molecule has 0 aliphatic carbocycles. The fourth-order valence-corrected chi connectivity index (χ4v) is 2.82. The van der Waals surface area contributed by atoms with Crippen molar-refractivity contribution >= 4 is 5.82 Å². The van der Waals surface area contributed by atoms with E-state index in [1.165, 1.54) is 11.1 Å². The third-order valence-corrected chi connectivity index (χ3v) is 4.15. The Bertz CT molecular complexity index is 649. The van der Waals surface area contributed by atoms with Gasteiger partial charge < -0.3 is 9.64 Å². The lowest BCUT2D eigenvalue weighted by Gasteiger charge is -2.33. The summed E-state index contributed by atoms with van der Waals surface area (Å²) >= 11 is 0. The summed E-state index contributed by atoms with van der Waals surface area (Å²) in [4.78, 5) is 11.1. The van der Waals surface area contributed by atoms with Gasteiger partial charge in [0.2, 0.25) is 0 Å². The smallest absolute Gasteiger partial charge is 0.147 e. The van der Waals surface area contributed by atoms with Crippen LogP contribution in [0.1, 0.15) is 29.7 Å². The van der Waals surface area contributed by atoms with E-state index in [-0.39, 0.29) is 6.10 Å². The molecule has 1 saturated heterocycles. The molecule has 2 heterocycles. The van der Waals surface area contributed by atoms with Crippen molar-refractivity contribution < 1.29 is 4.74 Å². The maximum absolute atomic E-state index is 6.21. The molecule has 116 valence electrons. The molecular formula is C18H23N3O. The SMILES string of the molecule is Cc1ccc(C)c(OC2CCN(c3cncc(C)n3)CC2)c1. The lowest BCUT2D eigenvalue weighted by molar-refractivity contribution is 0.169. The number of anilines is 1. The Morgan fingerprint density at radius 2 is 1.86 bits per heavy atom. The van der Waals surface area contributed by atoms with Crippen molar-refractivity contribution in [2.45, 2.75) is 39.7 Å². The lowest BCUT2D eigenvalue weighted by Crippen LogP contribution is -2.38. The predicted molar refractivity (Wildman–Crippen MR) is 88.5 cm³/mol. The van der Waals surface area contributed by atoms with Gasteiger partial charge in [-0.1, -0.05) is 12.1 Å². The number of hydrogen-bond donors (Lipinski definition) is 0. The fraction of sp³-hybridized carbons (Fsp3) is 0.444. The molecular weight excluding hydrogens is 274 g/mol. The average Bonchev–Trinajstić information content (AvgIpc) is 2.52. The van der Waals surface area contributed by atoms with E-state index < -0.39 is 0 Å². The third kappa shape index (κ3) is 3.38. The standard InChI is InChI=1S/C18H23N3O/c1-13-4-5-14(2)17(10-13)22-16-6-8-21(9-7-16)18-12-19-11-15(3)20-18/h4-5,10-12,16H,6-9H2,1-3H3. The largest absolute Gasteiger partial charge is 0.490 e. The van der Waals surface area contributed by atoms with Gasteiger partial charge in [-0.3, -0.25) is 4.98 Å². The minimum Gasteiger partial charge on any atom is -0.490 e. The molecule has 2 aromatic rings. The molecule has 1 fully saturated rings. The lowest BCUT2D eigenvalue weighted by atomic mass is 10.1. The second-order valence-corrected chi connectivity index (χ2v) is 6.09. The number of piperidine rings is 1. The zero-order valence-corrected chi connectivity index (χ0v) is 13.5. The van der Waals surface area contributed by atoms with Crippen LogP contribution in [0.4, 0.5) is 5.82 Å². The topological polar surface area (TPSA) is 38.2 Å². The molecule has 1 aliphatic heterocycles. The molecule has 0 amide bonds. The molecule has 3 rings (SSSR count). The highest BCUT2D eigenvalue weighted by Gasteiger charge is 2.22. The second-order valence-electron chi connectivity index (χ2n) is 6.09. The molecule has 0 N–H and O–H groups in total. The van der Waals surface area contributed by atoms with Crippen LogP contribution in [0.5, 0.6) is 5.75 Å². The number of ether oxygens (including phenoxy) is 1. The molecule has 0 spiro atoms. The Kier molecular flexibility index (Phi) is 4.27. The Hall–Kier alpha value is -2.10. The van der Waals surface area contributed by atoms with Gasteiger partial charge in [-0.15, -0.1) is 0 Å². The van der Waals surface area contributed by atoms with E-state index in [4.69, 9.17) is 4.74 Å². The number of aromatic nitrogens is 2. The van der Waals surface area contributed by atoms with Gasteiger partial charge in [0.1, 0.15) is 17.7 Å². The number of nitrogens with zero attached hydrogens (tertiary/aromatic N) is 3.